The number of amides is 2. The summed E-state index contributed by atoms with van der Waals surface area (Å²) in [5, 5.41) is 14.1. The standard InChI is InChI=1S/C26H28F2N2O5/c27-23(28)21(14-22(31)30-26(24(32)33)12-6-1-7-13-26)29-25(34)35-15-20-18-10-4-2-8-16(18)17-9-3-5-11-19(17)20/h2-5,8-11,20-21,23H,1,6-7,12-15H2,(H,29,34)(H,30,31)(H,32,33). The SMILES string of the molecule is O=C(CC(NC(=O)OCC1c2ccccc2-c2ccccc21)C(F)F)NC1(C(=O)O)CCCCC1. The van der Waals surface area contributed by atoms with Crippen molar-refractivity contribution in [1.82, 2.24) is 10.6 Å². The molecule has 9 heteroatoms. The van der Waals surface area contributed by atoms with E-state index in [4.69, 9.17) is 4.74 Å². The number of fused-ring (bicyclic) bond motifs is 3. The molecule has 1 saturated carbocycles. The van der Waals surface area contributed by atoms with E-state index in [1.54, 1.807) is 0 Å². The molecule has 2 aliphatic rings. The third kappa shape index (κ3) is 5.28. The van der Waals surface area contributed by atoms with Gasteiger partial charge in [0.25, 0.3) is 6.43 Å². The summed E-state index contributed by atoms with van der Waals surface area (Å²) in [4.78, 5) is 36.6. The van der Waals surface area contributed by atoms with E-state index in [-0.39, 0.29) is 25.4 Å². The highest BCUT2D eigenvalue weighted by molar-refractivity contribution is 5.87. The smallest absolute Gasteiger partial charge is 0.407 e. The molecule has 1 unspecified atom stereocenters. The summed E-state index contributed by atoms with van der Waals surface area (Å²) in [6.07, 6.45) is -2.25. The van der Waals surface area contributed by atoms with Crippen LogP contribution in [0.25, 0.3) is 11.1 Å². The molecule has 0 bridgehead atoms. The predicted molar refractivity (Wildman–Crippen MR) is 124 cm³/mol. The van der Waals surface area contributed by atoms with Gasteiger partial charge in [0.05, 0.1) is 6.42 Å². The van der Waals surface area contributed by atoms with Gasteiger partial charge in [-0.2, -0.15) is 0 Å². The number of carbonyl (C=O) groups is 3. The minimum Gasteiger partial charge on any atom is -0.480 e. The molecule has 35 heavy (non-hydrogen) atoms. The molecule has 7 nitrogen and oxygen atoms in total. The van der Waals surface area contributed by atoms with Crippen LogP contribution in [-0.2, 0) is 14.3 Å². The van der Waals surface area contributed by atoms with Gasteiger partial charge in [-0.1, -0.05) is 67.8 Å². The number of ether oxygens (including phenoxy) is 1. The summed E-state index contributed by atoms with van der Waals surface area (Å²) >= 11 is 0. The van der Waals surface area contributed by atoms with Gasteiger partial charge in [0, 0.05) is 5.92 Å². The van der Waals surface area contributed by atoms with Crippen molar-refractivity contribution in [2.24, 2.45) is 0 Å². The first-order valence-corrected chi connectivity index (χ1v) is 11.7. The average Bonchev–Trinajstić information content (AvgIpc) is 3.16. The lowest BCUT2D eigenvalue weighted by atomic mass is 9.81. The molecule has 3 N–H and O–H groups in total. The Hall–Kier alpha value is -3.49. The van der Waals surface area contributed by atoms with Crippen LogP contribution in [0.3, 0.4) is 0 Å². The lowest BCUT2D eigenvalue weighted by Gasteiger charge is -2.34. The second-order valence-corrected chi connectivity index (χ2v) is 9.11. The van der Waals surface area contributed by atoms with Crippen LogP contribution in [0, 0.1) is 0 Å². The number of carboxylic acid groups (broad SMARTS) is 1. The molecule has 1 atom stereocenters. The number of carbonyl (C=O) groups excluding carboxylic acids is 2. The maximum Gasteiger partial charge on any atom is 0.407 e. The van der Waals surface area contributed by atoms with E-state index in [9.17, 15) is 28.3 Å². The maximum atomic E-state index is 13.6. The van der Waals surface area contributed by atoms with Crippen molar-refractivity contribution in [2.45, 2.75) is 62.4 Å². The Bertz CT molecular complexity index is 1060. The normalized spacial score (nSPS) is 17.2. The van der Waals surface area contributed by atoms with Gasteiger partial charge in [-0.3, -0.25) is 4.79 Å². The quantitative estimate of drug-likeness (QED) is 0.511. The fourth-order valence-corrected chi connectivity index (χ4v) is 5.06. The number of hydrogen-bond acceptors (Lipinski definition) is 4. The Balaban J connectivity index is 1.37. The van der Waals surface area contributed by atoms with Gasteiger partial charge < -0.3 is 20.5 Å². The van der Waals surface area contributed by atoms with Crippen molar-refractivity contribution in [2.75, 3.05) is 6.61 Å². The summed E-state index contributed by atoms with van der Waals surface area (Å²) in [5.41, 5.74) is 2.59. The molecule has 0 radical (unpaired) electrons. The Morgan fingerprint density at radius 3 is 2.09 bits per heavy atom. The molecule has 2 aromatic carbocycles. The summed E-state index contributed by atoms with van der Waals surface area (Å²) in [6, 6.07) is 13.7. The Morgan fingerprint density at radius 2 is 1.54 bits per heavy atom. The number of nitrogens with one attached hydrogen (secondary N) is 2. The summed E-state index contributed by atoms with van der Waals surface area (Å²) in [7, 11) is 0. The zero-order valence-corrected chi connectivity index (χ0v) is 19.1. The number of hydrogen-bond donors (Lipinski definition) is 3. The highest BCUT2D eigenvalue weighted by Crippen LogP contribution is 2.44. The van der Waals surface area contributed by atoms with Crippen molar-refractivity contribution in [3.05, 3.63) is 59.7 Å². The molecular weight excluding hydrogens is 458 g/mol. The van der Waals surface area contributed by atoms with Gasteiger partial charge in [-0.15, -0.1) is 0 Å². The number of alkyl carbamates (subject to hydrolysis) is 1. The van der Waals surface area contributed by atoms with Crippen LogP contribution in [0.4, 0.5) is 13.6 Å². The minimum atomic E-state index is -3.03. The number of carboxylic acids is 1. The van der Waals surface area contributed by atoms with E-state index in [2.05, 4.69) is 10.6 Å². The lowest BCUT2D eigenvalue weighted by molar-refractivity contribution is -0.149. The molecule has 0 saturated heterocycles. The molecule has 0 heterocycles. The fourth-order valence-electron chi connectivity index (χ4n) is 5.06. The Morgan fingerprint density at radius 1 is 0.971 bits per heavy atom. The first-order chi connectivity index (χ1) is 16.8. The predicted octanol–water partition coefficient (Wildman–Crippen LogP) is 4.45. The number of aliphatic carboxylic acids is 1. The monoisotopic (exact) mass is 486 g/mol. The third-order valence-corrected chi connectivity index (χ3v) is 6.85. The van der Waals surface area contributed by atoms with Crippen molar-refractivity contribution in [3.63, 3.8) is 0 Å². The van der Waals surface area contributed by atoms with Crippen molar-refractivity contribution >= 4 is 18.0 Å². The second-order valence-electron chi connectivity index (χ2n) is 9.11. The summed E-state index contributed by atoms with van der Waals surface area (Å²) < 4.78 is 32.5. The summed E-state index contributed by atoms with van der Waals surface area (Å²) in [5.74, 6) is -2.26. The largest absolute Gasteiger partial charge is 0.480 e. The third-order valence-electron chi connectivity index (χ3n) is 6.85. The first-order valence-electron chi connectivity index (χ1n) is 11.7. The van der Waals surface area contributed by atoms with E-state index in [0.717, 1.165) is 28.7 Å². The highest BCUT2D eigenvalue weighted by Gasteiger charge is 2.41. The molecule has 186 valence electrons. The minimum absolute atomic E-state index is 0.0514. The van der Waals surface area contributed by atoms with Gasteiger partial charge in [0.15, 0.2) is 0 Å². The fraction of sp³-hybridized carbons (Fsp3) is 0.423. The van der Waals surface area contributed by atoms with Gasteiger partial charge in [-0.25, -0.2) is 18.4 Å². The Labute approximate surface area is 201 Å². The van der Waals surface area contributed by atoms with Crippen LogP contribution in [0.5, 0.6) is 0 Å². The average molecular weight is 487 g/mol. The van der Waals surface area contributed by atoms with E-state index < -0.39 is 42.4 Å². The number of benzene rings is 2. The lowest BCUT2D eigenvalue weighted by Crippen LogP contribution is -2.57. The maximum absolute atomic E-state index is 13.6. The van der Waals surface area contributed by atoms with Crippen molar-refractivity contribution < 1.29 is 33.0 Å². The number of rotatable bonds is 8. The van der Waals surface area contributed by atoms with E-state index in [0.29, 0.717) is 12.8 Å². The molecule has 0 spiro atoms. The van der Waals surface area contributed by atoms with E-state index in [1.807, 2.05) is 48.5 Å². The van der Waals surface area contributed by atoms with Crippen LogP contribution in [0.15, 0.2) is 48.5 Å². The molecule has 2 aromatic rings. The zero-order chi connectivity index (χ0) is 25.0. The molecular formula is C26H28F2N2O5. The molecule has 0 aromatic heterocycles. The van der Waals surface area contributed by atoms with E-state index in [1.165, 1.54) is 0 Å². The molecule has 2 amide bonds. The van der Waals surface area contributed by atoms with Crippen LogP contribution < -0.4 is 10.6 Å². The van der Waals surface area contributed by atoms with Gasteiger partial charge in [0.2, 0.25) is 5.91 Å². The van der Waals surface area contributed by atoms with E-state index >= 15 is 0 Å². The molecule has 4 rings (SSSR count). The topological polar surface area (TPSA) is 105 Å². The van der Waals surface area contributed by atoms with Crippen LogP contribution in [0.2, 0.25) is 0 Å². The van der Waals surface area contributed by atoms with Gasteiger partial charge in [-0.05, 0) is 35.1 Å². The number of alkyl halides is 2. The van der Waals surface area contributed by atoms with Crippen LogP contribution in [0.1, 0.15) is 55.6 Å². The highest BCUT2D eigenvalue weighted by atomic mass is 19.3. The zero-order valence-electron chi connectivity index (χ0n) is 19.1. The first kappa shape index (κ1) is 24.6. The second kappa shape index (κ2) is 10.4. The van der Waals surface area contributed by atoms with Gasteiger partial charge in [0.1, 0.15) is 18.2 Å². The number of halogens is 2. The molecule has 0 aliphatic heterocycles. The Kier molecular flexibility index (Phi) is 7.33. The van der Waals surface area contributed by atoms with Gasteiger partial charge >= 0.3 is 12.1 Å². The van der Waals surface area contributed by atoms with Crippen LogP contribution >= 0.6 is 0 Å². The van der Waals surface area contributed by atoms with Crippen molar-refractivity contribution in [3.8, 4) is 11.1 Å². The van der Waals surface area contributed by atoms with Crippen molar-refractivity contribution in [1.29, 1.82) is 0 Å². The molecule has 1 fully saturated rings. The van der Waals surface area contributed by atoms with Crippen LogP contribution in [-0.4, -0.2) is 47.7 Å². The molecule has 2 aliphatic carbocycles. The summed E-state index contributed by atoms with van der Waals surface area (Å²) in [6.45, 7) is -0.0514.